The van der Waals surface area contributed by atoms with E-state index in [4.69, 9.17) is 9.47 Å². The summed E-state index contributed by atoms with van der Waals surface area (Å²) in [4.78, 5) is 26.3. The summed E-state index contributed by atoms with van der Waals surface area (Å²) in [6.07, 6.45) is 2.08. The molecule has 1 atom stereocenters. The Morgan fingerprint density at radius 1 is 0.938 bits per heavy atom. The molecule has 0 fully saturated rings. The minimum absolute atomic E-state index is 0.105. The molecule has 2 aliphatic rings. The van der Waals surface area contributed by atoms with Gasteiger partial charge in [0.05, 0.1) is 24.9 Å². The highest BCUT2D eigenvalue weighted by Crippen LogP contribution is 2.40. The molecule has 0 spiro atoms. The van der Waals surface area contributed by atoms with Crippen LogP contribution in [0.3, 0.4) is 0 Å². The van der Waals surface area contributed by atoms with E-state index < -0.39 is 0 Å². The van der Waals surface area contributed by atoms with Gasteiger partial charge in [0.2, 0.25) is 0 Å². The lowest BCUT2D eigenvalue weighted by Crippen LogP contribution is -2.37. The van der Waals surface area contributed by atoms with Crippen molar-refractivity contribution in [2.75, 3.05) is 7.11 Å². The number of ketones is 2. The molecule has 0 bridgehead atoms. The third-order valence-corrected chi connectivity index (χ3v) is 6.61. The highest BCUT2D eigenvalue weighted by molar-refractivity contribution is 6.29. The summed E-state index contributed by atoms with van der Waals surface area (Å²) in [5.74, 6) is 0.179. The van der Waals surface area contributed by atoms with Crippen LogP contribution in [-0.2, 0) is 24.2 Å². The fraction of sp³-hybridized carbons (Fsp3) is 0.259. The Morgan fingerprint density at radius 3 is 2.41 bits per heavy atom. The summed E-state index contributed by atoms with van der Waals surface area (Å²) in [6.45, 7) is 2.59. The molecule has 3 aromatic rings. The second-order valence-electron chi connectivity index (χ2n) is 8.75. The zero-order valence-electron chi connectivity index (χ0n) is 18.1. The lowest BCUT2D eigenvalue weighted by molar-refractivity contribution is -0.0520. The Balaban J connectivity index is 1.42. The van der Waals surface area contributed by atoms with E-state index in [1.165, 1.54) is 6.07 Å². The van der Waals surface area contributed by atoms with Crippen molar-refractivity contribution in [3.63, 3.8) is 0 Å². The molecule has 3 aromatic carbocycles. The zero-order valence-corrected chi connectivity index (χ0v) is 18.1. The fourth-order valence-corrected chi connectivity index (χ4v) is 4.81. The second kappa shape index (κ2) is 7.61. The number of carbonyl (C=O) groups is 2. The van der Waals surface area contributed by atoms with Crippen LogP contribution >= 0.6 is 0 Å². The molecule has 0 radical (unpaired) electrons. The number of rotatable bonds is 4. The standard InChI is InChI=1S/C27H24O5/c1-27(32-15-16-6-9-18(31-2)10-7-16)13-12-19-17(14-27)8-11-21-23(19)25(29)20-4-3-5-22(28)24(20)26(21)30/h3-11,28H,12-15H2,1-2H3/t27-/m0/s1. The maximum Gasteiger partial charge on any atom is 0.198 e. The van der Waals surface area contributed by atoms with Crippen LogP contribution in [0.1, 0.15) is 61.9 Å². The first-order valence-electron chi connectivity index (χ1n) is 10.7. The molecule has 32 heavy (non-hydrogen) atoms. The average molecular weight is 428 g/mol. The molecule has 0 heterocycles. The van der Waals surface area contributed by atoms with Crippen LogP contribution in [0.15, 0.2) is 54.6 Å². The van der Waals surface area contributed by atoms with E-state index in [-0.39, 0.29) is 34.0 Å². The molecule has 162 valence electrons. The van der Waals surface area contributed by atoms with Crippen LogP contribution < -0.4 is 4.74 Å². The van der Waals surface area contributed by atoms with E-state index in [1.54, 1.807) is 25.3 Å². The molecule has 5 heteroatoms. The minimum Gasteiger partial charge on any atom is -0.507 e. The number of ether oxygens (including phenoxy) is 2. The maximum absolute atomic E-state index is 13.3. The molecular formula is C27H24O5. The summed E-state index contributed by atoms with van der Waals surface area (Å²) in [5.41, 5.74) is 3.93. The van der Waals surface area contributed by atoms with Crippen molar-refractivity contribution >= 4 is 11.6 Å². The van der Waals surface area contributed by atoms with Crippen LogP contribution in [0.5, 0.6) is 11.5 Å². The molecule has 0 amide bonds. The number of fused-ring (bicyclic) bond motifs is 4. The Morgan fingerprint density at radius 2 is 1.66 bits per heavy atom. The molecule has 5 nitrogen and oxygen atoms in total. The smallest absolute Gasteiger partial charge is 0.198 e. The summed E-state index contributed by atoms with van der Waals surface area (Å²) in [6, 6.07) is 16.1. The van der Waals surface area contributed by atoms with Crippen molar-refractivity contribution in [2.24, 2.45) is 0 Å². The third kappa shape index (κ3) is 3.30. The van der Waals surface area contributed by atoms with Gasteiger partial charge in [-0.25, -0.2) is 0 Å². The van der Waals surface area contributed by atoms with E-state index in [0.717, 1.165) is 28.9 Å². The molecular weight excluding hydrogens is 404 g/mol. The monoisotopic (exact) mass is 428 g/mol. The Bertz CT molecular complexity index is 1240. The predicted octanol–water partition coefficient (Wildman–Crippen LogP) is 4.64. The van der Waals surface area contributed by atoms with Gasteiger partial charge in [-0.05, 0) is 60.7 Å². The average Bonchev–Trinajstić information content (AvgIpc) is 2.80. The Labute approximate surface area is 186 Å². The molecule has 0 aliphatic heterocycles. The number of methoxy groups -OCH3 is 1. The topological polar surface area (TPSA) is 72.8 Å². The van der Waals surface area contributed by atoms with Gasteiger partial charge in [0.1, 0.15) is 11.5 Å². The van der Waals surface area contributed by atoms with Gasteiger partial charge in [0, 0.05) is 23.1 Å². The molecule has 0 aromatic heterocycles. The SMILES string of the molecule is COc1ccc(CO[C@@]2(C)CCc3c(ccc4c3C(=O)c3cccc(O)c3C4=O)C2)cc1. The van der Waals surface area contributed by atoms with Gasteiger partial charge in [0.25, 0.3) is 0 Å². The van der Waals surface area contributed by atoms with Crippen molar-refractivity contribution in [3.8, 4) is 11.5 Å². The van der Waals surface area contributed by atoms with Gasteiger partial charge in [-0.1, -0.05) is 30.3 Å². The number of aromatic hydroxyl groups is 1. The summed E-state index contributed by atoms with van der Waals surface area (Å²) < 4.78 is 11.5. The van der Waals surface area contributed by atoms with Crippen molar-refractivity contribution in [2.45, 2.75) is 38.4 Å². The molecule has 5 rings (SSSR count). The minimum atomic E-state index is -0.362. The second-order valence-corrected chi connectivity index (χ2v) is 8.75. The van der Waals surface area contributed by atoms with Crippen LogP contribution in [0.4, 0.5) is 0 Å². The van der Waals surface area contributed by atoms with E-state index in [1.807, 2.05) is 30.3 Å². The lowest BCUT2D eigenvalue weighted by Gasteiger charge is -2.36. The Kier molecular flexibility index (Phi) is 4.86. The van der Waals surface area contributed by atoms with E-state index in [9.17, 15) is 14.7 Å². The number of hydrogen-bond acceptors (Lipinski definition) is 5. The first-order valence-corrected chi connectivity index (χ1v) is 10.7. The van der Waals surface area contributed by atoms with Gasteiger partial charge in [-0.15, -0.1) is 0 Å². The highest BCUT2D eigenvalue weighted by atomic mass is 16.5. The van der Waals surface area contributed by atoms with Crippen molar-refractivity contribution < 1.29 is 24.2 Å². The van der Waals surface area contributed by atoms with Crippen LogP contribution in [0.25, 0.3) is 0 Å². The molecule has 0 unspecified atom stereocenters. The van der Waals surface area contributed by atoms with E-state index in [2.05, 4.69) is 6.92 Å². The molecule has 0 saturated carbocycles. The first kappa shape index (κ1) is 20.5. The van der Waals surface area contributed by atoms with Crippen LogP contribution in [0.2, 0.25) is 0 Å². The summed E-state index contributed by atoms with van der Waals surface area (Å²) >= 11 is 0. The van der Waals surface area contributed by atoms with Gasteiger partial charge < -0.3 is 14.6 Å². The first-order chi connectivity index (χ1) is 15.4. The van der Waals surface area contributed by atoms with Gasteiger partial charge in [-0.2, -0.15) is 0 Å². The number of phenolic OH excluding ortho intramolecular Hbond substituents is 1. The number of hydrogen-bond donors (Lipinski definition) is 1. The van der Waals surface area contributed by atoms with Gasteiger partial charge in [0.15, 0.2) is 11.6 Å². The van der Waals surface area contributed by atoms with Gasteiger partial charge in [-0.3, -0.25) is 9.59 Å². The Hall–Kier alpha value is -3.44. The number of phenols is 1. The quantitative estimate of drug-likeness (QED) is 0.513. The largest absolute Gasteiger partial charge is 0.507 e. The summed E-state index contributed by atoms with van der Waals surface area (Å²) in [5, 5.41) is 10.2. The fourth-order valence-electron chi connectivity index (χ4n) is 4.81. The van der Waals surface area contributed by atoms with E-state index in [0.29, 0.717) is 30.6 Å². The van der Waals surface area contributed by atoms with Crippen LogP contribution in [-0.4, -0.2) is 29.4 Å². The zero-order chi connectivity index (χ0) is 22.5. The predicted molar refractivity (Wildman–Crippen MR) is 120 cm³/mol. The summed E-state index contributed by atoms with van der Waals surface area (Å²) in [7, 11) is 1.64. The third-order valence-electron chi connectivity index (χ3n) is 6.61. The van der Waals surface area contributed by atoms with Crippen LogP contribution in [0, 0.1) is 0 Å². The number of carbonyl (C=O) groups excluding carboxylic acids is 2. The number of benzene rings is 3. The van der Waals surface area contributed by atoms with E-state index >= 15 is 0 Å². The normalized spacial score (nSPS) is 19.2. The molecule has 2 aliphatic carbocycles. The lowest BCUT2D eigenvalue weighted by atomic mass is 9.74. The van der Waals surface area contributed by atoms with Crippen molar-refractivity contribution in [3.05, 3.63) is 93.5 Å². The van der Waals surface area contributed by atoms with Crippen molar-refractivity contribution in [1.29, 1.82) is 0 Å². The highest BCUT2D eigenvalue weighted by Gasteiger charge is 2.38. The van der Waals surface area contributed by atoms with Crippen molar-refractivity contribution in [1.82, 2.24) is 0 Å². The van der Waals surface area contributed by atoms with Gasteiger partial charge >= 0.3 is 0 Å². The maximum atomic E-state index is 13.3. The molecule has 1 N–H and O–H groups in total. The molecule has 0 saturated heterocycles.